The third-order valence-corrected chi connectivity index (χ3v) is 8.88. The Morgan fingerprint density at radius 2 is 1.77 bits per heavy atom. The van der Waals surface area contributed by atoms with Crippen molar-refractivity contribution in [2.75, 3.05) is 41.3 Å². The van der Waals surface area contributed by atoms with Crippen LogP contribution in [0.1, 0.15) is 27.9 Å². The van der Waals surface area contributed by atoms with Crippen molar-refractivity contribution in [2.24, 2.45) is 17.6 Å². The quantitative estimate of drug-likeness (QED) is 0.248. The van der Waals surface area contributed by atoms with E-state index in [9.17, 15) is 39.6 Å². The van der Waals surface area contributed by atoms with E-state index in [2.05, 4.69) is 5.32 Å². The number of benzene rings is 2. The fourth-order valence-corrected chi connectivity index (χ4v) is 6.84. The molecule has 0 spiro atoms. The zero-order valence-electron chi connectivity index (χ0n) is 24.9. The summed E-state index contributed by atoms with van der Waals surface area (Å²) in [6.07, 6.45) is 0.118. The number of phenolic OH excluding ortho intramolecular Hbond substituents is 1. The van der Waals surface area contributed by atoms with E-state index in [0.717, 1.165) is 0 Å². The van der Waals surface area contributed by atoms with Crippen LogP contribution in [0.3, 0.4) is 0 Å². The number of amides is 2. The Labute approximate surface area is 254 Å². The molecular weight excluding hydrogens is 568 g/mol. The lowest BCUT2D eigenvalue weighted by Gasteiger charge is -2.50. The summed E-state index contributed by atoms with van der Waals surface area (Å²) < 4.78 is 0. The highest BCUT2D eigenvalue weighted by molar-refractivity contribution is 6.24. The number of aliphatic hydroxyl groups is 3. The first-order chi connectivity index (χ1) is 20.7. The highest BCUT2D eigenvalue weighted by atomic mass is 16.3. The van der Waals surface area contributed by atoms with Crippen LogP contribution in [-0.4, -0.2) is 107 Å². The van der Waals surface area contributed by atoms with Gasteiger partial charge in [0.2, 0.25) is 5.78 Å². The van der Waals surface area contributed by atoms with Crippen molar-refractivity contribution in [3.05, 3.63) is 70.0 Å². The molecule has 0 aromatic heterocycles. The number of hydrogen-bond donors (Lipinski definition) is 6. The van der Waals surface area contributed by atoms with Gasteiger partial charge in [0.05, 0.1) is 11.6 Å². The largest absolute Gasteiger partial charge is 0.508 e. The number of aromatic hydroxyl groups is 1. The van der Waals surface area contributed by atoms with Crippen LogP contribution in [-0.2, 0) is 20.8 Å². The Hall–Kier alpha value is -4.52. The minimum atomic E-state index is -2.70. The molecule has 12 heteroatoms. The fourth-order valence-electron chi connectivity index (χ4n) is 6.84. The highest BCUT2D eigenvalue weighted by Crippen LogP contribution is 2.53. The molecule has 232 valence electrons. The predicted octanol–water partition coefficient (Wildman–Crippen LogP) is 0.922. The fraction of sp³-hybridized carbons (Fsp3) is 0.375. The Bertz CT molecular complexity index is 1660. The van der Waals surface area contributed by atoms with Gasteiger partial charge in [-0.2, -0.15) is 0 Å². The van der Waals surface area contributed by atoms with Crippen LogP contribution in [0.2, 0.25) is 0 Å². The lowest BCUT2D eigenvalue weighted by atomic mass is 9.57. The molecule has 3 aliphatic rings. The average Bonchev–Trinajstić information content (AvgIpc) is 2.94. The second kappa shape index (κ2) is 11.2. The molecule has 2 aromatic rings. The first-order valence-corrected chi connectivity index (χ1v) is 14.2. The lowest BCUT2D eigenvalue weighted by Crippen LogP contribution is -2.65. The van der Waals surface area contributed by atoms with Crippen molar-refractivity contribution in [3.8, 4) is 16.9 Å². The van der Waals surface area contributed by atoms with Gasteiger partial charge < -0.3 is 36.4 Å². The molecule has 0 bridgehead atoms. The van der Waals surface area contributed by atoms with E-state index in [1.165, 1.54) is 11.0 Å². The number of Topliss-reactive ketones (excluding diaryl/α,β-unsaturated/α-hetero) is 2. The smallest absolute Gasteiger partial charge is 0.255 e. The Balaban J connectivity index is 1.62. The van der Waals surface area contributed by atoms with Crippen molar-refractivity contribution < 1.29 is 39.6 Å². The summed E-state index contributed by atoms with van der Waals surface area (Å²) >= 11 is 0. The summed E-state index contributed by atoms with van der Waals surface area (Å²) in [4.78, 5) is 55.7. The van der Waals surface area contributed by atoms with E-state index in [1.54, 1.807) is 44.4 Å². The van der Waals surface area contributed by atoms with Gasteiger partial charge in [0, 0.05) is 30.1 Å². The van der Waals surface area contributed by atoms with Crippen LogP contribution in [0, 0.1) is 11.8 Å². The SMILES string of the molecule is CN(C)CCNC(=O)c1cccc(-c2ccc(O)c3c2CC2CC4C(N(C)C)C(=O)C(C(N)=O)=C(O)[C@@]4(O)C(=O)C2=C3O)c1. The van der Waals surface area contributed by atoms with Gasteiger partial charge in [-0.05, 0) is 81.8 Å². The summed E-state index contributed by atoms with van der Waals surface area (Å²) in [7, 11) is 6.91. The molecule has 1 saturated carbocycles. The molecule has 5 rings (SSSR count). The molecule has 2 aromatic carbocycles. The van der Waals surface area contributed by atoms with Crippen LogP contribution in [0.4, 0.5) is 0 Å². The van der Waals surface area contributed by atoms with Crippen molar-refractivity contribution in [2.45, 2.75) is 24.5 Å². The van der Waals surface area contributed by atoms with Gasteiger partial charge in [-0.15, -0.1) is 0 Å². The Morgan fingerprint density at radius 3 is 2.41 bits per heavy atom. The third kappa shape index (κ3) is 4.75. The number of primary amides is 1. The number of nitrogens with one attached hydrogen (secondary N) is 1. The average molecular weight is 605 g/mol. The van der Waals surface area contributed by atoms with E-state index in [1.807, 2.05) is 19.0 Å². The van der Waals surface area contributed by atoms with Gasteiger partial charge in [0.15, 0.2) is 11.4 Å². The minimum absolute atomic E-state index is 0.0142. The number of nitrogens with two attached hydrogens (primary N) is 1. The molecule has 1 fully saturated rings. The standard InChI is InChI=1S/C32H36N4O8/c1-35(2)11-10-34-31(43)16-7-5-6-15(12-16)18-8-9-21(37)23-19(18)13-17-14-20-25(36(3)4)27(39)24(30(33)42)29(41)32(20,44)28(40)22(17)26(23)38/h5-9,12,17,20,25,37-38,41,44H,10-11,13-14H2,1-4H3,(H2,33,42)(H,34,43)/t17?,20?,25?,32-/m0/s1. The molecule has 12 nitrogen and oxygen atoms in total. The van der Waals surface area contributed by atoms with Gasteiger partial charge >= 0.3 is 0 Å². The predicted molar refractivity (Wildman–Crippen MR) is 161 cm³/mol. The molecule has 3 aliphatic carbocycles. The summed E-state index contributed by atoms with van der Waals surface area (Å²) in [6.45, 7) is 1.12. The molecule has 2 amide bonds. The molecule has 3 unspecified atom stereocenters. The monoisotopic (exact) mass is 604 g/mol. The number of hydrogen-bond acceptors (Lipinski definition) is 10. The number of carbonyl (C=O) groups is 4. The van der Waals surface area contributed by atoms with Crippen molar-refractivity contribution >= 4 is 29.1 Å². The lowest BCUT2D eigenvalue weighted by molar-refractivity contribution is -0.153. The van der Waals surface area contributed by atoms with Crippen LogP contribution in [0.25, 0.3) is 16.9 Å². The molecule has 44 heavy (non-hydrogen) atoms. The highest BCUT2D eigenvalue weighted by Gasteiger charge is 2.64. The van der Waals surface area contributed by atoms with Gasteiger partial charge in [-0.3, -0.25) is 24.1 Å². The van der Waals surface area contributed by atoms with Crippen LogP contribution in [0.15, 0.2) is 53.3 Å². The molecular formula is C32H36N4O8. The number of carbonyl (C=O) groups excluding carboxylic acids is 4. The number of aliphatic hydroxyl groups excluding tert-OH is 2. The Morgan fingerprint density at radius 1 is 1.07 bits per heavy atom. The summed E-state index contributed by atoms with van der Waals surface area (Å²) in [6, 6.07) is 8.76. The van der Waals surface area contributed by atoms with Gasteiger partial charge in [-0.1, -0.05) is 18.2 Å². The summed E-state index contributed by atoms with van der Waals surface area (Å²) in [5, 5.41) is 48.0. The van der Waals surface area contributed by atoms with Gasteiger partial charge in [0.25, 0.3) is 11.8 Å². The van der Waals surface area contributed by atoms with Crippen molar-refractivity contribution in [3.63, 3.8) is 0 Å². The molecule has 0 aliphatic heterocycles. The second-order valence-corrected chi connectivity index (χ2v) is 12.1. The van der Waals surface area contributed by atoms with E-state index >= 15 is 0 Å². The van der Waals surface area contributed by atoms with E-state index in [-0.39, 0.29) is 35.6 Å². The van der Waals surface area contributed by atoms with E-state index < -0.39 is 58.0 Å². The molecule has 0 heterocycles. The number of fused-ring (bicyclic) bond motifs is 3. The van der Waals surface area contributed by atoms with E-state index in [0.29, 0.717) is 35.3 Å². The normalized spacial score (nSPS) is 24.8. The minimum Gasteiger partial charge on any atom is -0.508 e. The summed E-state index contributed by atoms with van der Waals surface area (Å²) in [5.74, 6) is -7.33. The van der Waals surface area contributed by atoms with Crippen LogP contribution in [0.5, 0.6) is 5.75 Å². The maximum absolute atomic E-state index is 14.0. The zero-order chi connectivity index (χ0) is 32.2. The molecule has 7 N–H and O–H groups in total. The first-order valence-electron chi connectivity index (χ1n) is 14.2. The number of phenols is 1. The van der Waals surface area contributed by atoms with Gasteiger partial charge in [-0.25, -0.2) is 0 Å². The number of nitrogens with zero attached hydrogens (tertiary/aromatic N) is 2. The second-order valence-electron chi connectivity index (χ2n) is 12.1. The maximum Gasteiger partial charge on any atom is 0.255 e. The maximum atomic E-state index is 14.0. The van der Waals surface area contributed by atoms with Gasteiger partial charge in [0.1, 0.15) is 22.8 Å². The third-order valence-electron chi connectivity index (χ3n) is 8.88. The molecule has 0 radical (unpaired) electrons. The number of ketones is 2. The molecule has 0 saturated heterocycles. The van der Waals surface area contributed by atoms with Crippen LogP contribution >= 0.6 is 0 Å². The number of rotatable bonds is 7. The van der Waals surface area contributed by atoms with Crippen molar-refractivity contribution in [1.82, 2.24) is 15.1 Å². The topological polar surface area (TPSA) is 194 Å². The zero-order valence-corrected chi connectivity index (χ0v) is 24.9. The van der Waals surface area contributed by atoms with Crippen molar-refractivity contribution in [1.29, 1.82) is 0 Å². The van der Waals surface area contributed by atoms with E-state index in [4.69, 9.17) is 5.73 Å². The van der Waals surface area contributed by atoms with Crippen LogP contribution < -0.4 is 11.1 Å². The summed E-state index contributed by atoms with van der Waals surface area (Å²) in [5.41, 5.74) is 3.76. The first kappa shape index (κ1) is 30.9. The number of likely N-dealkylation sites (N-methyl/N-ethyl adjacent to an activating group) is 2. The Kier molecular flexibility index (Phi) is 7.87. The molecule has 4 atom stereocenters.